The number of hydrogen-bond donors (Lipinski definition) is 1. The summed E-state index contributed by atoms with van der Waals surface area (Å²) in [6.07, 6.45) is 6.75. The molecule has 3 atom stereocenters. The Labute approximate surface area is 152 Å². The van der Waals surface area contributed by atoms with Crippen LogP contribution in [0, 0.1) is 5.92 Å². The normalized spacial score (nSPS) is 21.7. The first-order valence-corrected chi connectivity index (χ1v) is 9.77. The van der Waals surface area contributed by atoms with Gasteiger partial charge in [-0.25, -0.2) is 0 Å². The maximum atomic E-state index is 5.88. The molecule has 3 unspecified atom stereocenters. The zero-order valence-corrected chi connectivity index (χ0v) is 15.6. The molecule has 0 amide bonds. The lowest BCUT2D eigenvalue weighted by molar-refractivity contribution is 0.266. The molecule has 2 nitrogen and oxygen atoms in total. The van der Waals surface area contributed by atoms with E-state index in [9.17, 15) is 0 Å². The van der Waals surface area contributed by atoms with Crippen molar-refractivity contribution in [2.24, 2.45) is 5.92 Å². The average Bonchev–Trinajstić information content (AvgIpc) is 2.67. The minimum Gasteiger partial charge on any atom is -0.489 e. The predicted octanol–water partition coefficient (Wildman–Crippen LogP) is 5.89. The van der Waals surface area contributed by atoms with E-state index < -0.39 is 0 Å². The fourth-order valence-corrected chi connectivity index (χ4v) is 3.86. The van der Waals surface area contributed by atoms with E-state index >= 15 is 0 Å². The zero-order valence-electron chi connectivity index (χ0n) is 15.6. The molecule has 0 bridgehead atoms. The van der Waals surface area contributed by atoms with Gasteiger partial charge in [-0.15, -0.1) is 0 Å². The number of ether oxygens (including phenoxy) is 1. The van der Waals surface area contributed by atoms with Crippen molar-refractivity contribution in [2.45, 2.75) is 64.6 Å². The van der Waals surface area contributed by atoms with E-state index in [2.05, 4.69) is 55.6 Å². The molecule has 0 saturated heterocycles. The van der Waals surface area contributed by atoms with Gasteiger partial charge in [-0.1, -0.05) is 68.7 Å². The third-order valence-electron chi connectivity index (χ3n) is 5.47. The van der Waals surface area contributed by atoms with Gasteiger partial charge in [0.1, 0.15) is 12.4 Å². The van der Waals surface area contributed by atoms with E-state index in [-0.39, 0.29) is 0 Å². The Morgan fingerprint density at radius 1 is 1.04 bits per heavy atom. The number of rotatable bonds is 7. The maximum absolute atomic E-state index is 5.88. The highest BCUT2D eigenvalue weighted by Gasteiger charge is 2.22. The molecule has 2 aromatic rings. The molecule has 0 radical (unpaired) electrons. The molecule has 1 aliphatic rings. The fourth-order valence-electron chi connectivity index (χ4n) is 3.86. The Hall–Kier alpha value is -1.80. The summed E-state index contributed by atoms with van der Waals surface area (Å²) < 4.78 is 5.88. The lowest BCUT2D eigenvalue weighted by atomic mass is 9.84. The molecule has 134 valence electrons. The standard InChI is InChI=1S/C23H31NO/c1-3-19-10-7-11-22(16-19)24-18(2)21-12-14-23(15-13-21)25-17-20-8-5-4-6-9-20/h4-6,8-9,12-15,18-19,22,24H,3,7,10-11,16-17H2,1-2H3. The van der Waals surface area contributed by atoms with Crippen molar-refractivity contribution >= 4 is 0 Å². The summed E-state index contributed by atoms with van der Waals surface area (Å²) in [7, 11) is 0. The Bertz CT molecular complexity index is 622. The first kappa shape index (κ1) is 18.0. The molecule has 2 aromatic carbocycles. The van der Waals surface area contributed by atoms with E-state index in [1.54, 1.807) is 0 Å². The highest BCUT2D eigenvalue weighted by molar-refractivity contribution is 5.29. The SMILES string of the molecule is CCC1CCCC(NC(C)c2ccc(OCc3ccccc3)cc2)C1. The second-order valence-electron chi connectivity index (χ2n) is 7.37. The van der Waals surface area contributed by atoms with Crippen molar-refractivity contribution < 1.29 is 4.74 Å². The molecule has 0 aromatic heterocycles. The molecule has 0 aliphatic heterocycles. The number of hydrogen-bond acceptors (Lipinski definition) is 2. The smallest absolute Gasteiger partial charge is 0.119 e. The van der Waals surface area contributed by atoms with Crippen LogP contribution in [-0.2, 0) is 6.61 Å². The van der Waals surface area contributed by atoms with Crippen molar-refractivity contribution in [1.82, 2.24) is 5.32 Å². The largest absolute Gasteiger partial charge is 0.489 e. The number of benzene rings is 2. The highest BCUT2D eigenvalue weighted by atomic mass is 16.5. The summed E-state index contributed by atoms with van der Waals surface area (Å²) in [5, 5.41) is 3.84. The van der Waals surface area contributed by atoms with Crippen molar-refractivity contribution in [3.8, 4) is 5.75 Å². The lowest BCUT2D eigenvalue weighted by Crippen LogP contribution is -2.35. The van der Waals surface area contributed by atoms with Gasteiger partial charge in [-0.3, -0.25) is 0 Å². The lowest BCUT2D eigenvalue weighted by Gasteiger charge is -2.31. The van der Waals surface area contributed by atoms with Crippen LogP contribution in [0.5, 0.6) is 5.75 Å². The minimum atomic E-state index is 0.392. The van der Waals surface area contributed by atoms with Crippen LogP contribution in [0.15, 0.2) is 54.6 Å². The molecule has 1 saturated carbocycles. The first-order valence-electron chi connectivity index (χ1n) is 9.77. The maximum Gasteiger partial charge on any atom is 0.119 e. The summed E-state index contributed by atoms with van der Waals surface area (Å²) >= 11 is 0. The summed E-state index contributed by atoms with van der Waals surface area (Å²) in [6, 6.07) is 19.9. The van der Waals surface area contributed by atoms with Gasteiger partial charge < -0.3 is 10.1 Å². The van der Waals surface area contributed by atoms with Crippen LogP contribution in [0.2, 0.25) is 0 Å². The predicted molar refractivity (Wildman–Crippen MR) is 105 cm³/mol. The Morgan fingerprint density at radius 3 is 2.52 bits per heavy atom. The summed E-state index contributed by atoms with van der Waals surface area (Å²) in [4.78, 5) is 0. The second-order valence-corrected chi connectivity index (χ2v) is 7.37. The highest BCUT2D eigenvalue weighted by Crippen LogP contribution is 2.28. The van der Waals surface area contributed by atoms with Crippen LogP contribution >= 0.6 is 0 Å². The van der Waals surface area contributed by atoms with E-state index in [4.69, 9.17) is 4.74 Å². The van der Waals surface area contributed by atoms with Crippen molar-refractivity contribution in [1.29, 1.82) is 0 Å². The van der Waals surface area contributed by atoms with Crippen LogP contribution in [0.4, 0.5) is 0 Å². The monoisotopic (exact) mass is 337 g/mol. The average molecular weight is 338 g/mol. The van der Waals surface area contributed by atoms with Gasteiger partial charge >= 0.3 is 0 Å². The van der Waals surface area contributed by atoms with Gasteiger partial charge in [-0.2, -0.15) is 0 Å². The third kappa shape index (κ3) is 5.34. The van der Waals surface area contributed by atoms with Gasteiger partial charge in [0.2, 0.25) is 0 Å². The molecular formula is C23H31NO. The van der Waals surface area contributed by atoms with Crippen LogP contribution < -0.4 is 10.1 Å². The molecule has 1 N–H and O–H groups in total. The summed E-state index contributed by atoms with van der Waals surface area (Å²) in [6.45, 7) is 5.22. The molecule has 2 heteroatoms. The van der Waals surface area contributed by atoms with Gasteiger partial charge in [0.05, 0.1) is 0 Å². The van der Waals surface area contributed by atoms with Crippen molar-refractivity contribution in [3.05, 3.63) is 65.7 Å². The molecule has 1 aliphatic carbocycles. The first-order chi connectivity index (χ1) is 12.2. The van der Waals surface area contributed by atoms with E-state index in [1.165, 1.54) is 43.2 Å². The Balaban J connectivity index is 1.51. The summed E-state index contributed by atoms with van der Waals surface area (Å²) in [5.41, 5.74) is 2.54. The van der Waals surface area contributed by atoms with E-state index in [1.807, 2.05) is 18.2 Å². The Morgan fingerprint density at radius 2 is 1.80 bits per heavy atom. The van der Waals surface area contributed by atoms with Gasteiger partial charge in [0.25, 0.3) is 0 Å². The molecule has 0 spiro atoms. The minimum absolute atomic E-state index is 0.392. The van der Waals surface area contributed by atoms with E-state index in [0.29, 0.717) is 18.7 Å². The zero-order chi connectivity index (χ0) is 17.5. The van der Waals surface area contributed by atoms with Crippen molar-refractivity contribution in [2.75, 3.05) is 0 Å². The molecule has 1 fully saturated rings. The molecular weight excluding hydrogens is 306 g/mol. The summed E-state index contributed by atoms with van der Waals surface area (Å²) in [5.74, 6) is 1.84. The second kappa shape index (κ2) is 9.05. The topological polar surface area (TPSA) is 21.3 Å². The Kier molecular flexibility index (Phi) is 6.52. The van der Waals surface area contributed by atoms with Crippen LogP contribution in [0.25, 0.3) is 0 Å². The molecule has 3 rings (SSSR count). The van der Waals surface area contributed by atoms with Crippen LogP contribution in [-0.4, -0.2) is 6.04 Å². The number of nitrogens with one attached hydrogen (secondary N) is 1. The van der Waals surface area contributed by atoms with Crippen LogP contribution in [0.1, 0.15) is 63.1 Å². The molecule has 25 heavy (non-hydrogen) atoms. The quantitative estimate of drug-likeness (QED) is 0.680. The molecule has 0 heterocycles. The van der Waals surface area contributed by atoms with Gasteiger partial charge in [-0.05, 0) is 48.9 Å². The van der Waals surface area contributed by atoms with E-state index in [0.717, 1.165) is 11.7 Å². The van der Waals surface area contributed by atoms with Crippen LogP contribution in [0.3, 0.4) is 0 Å². The van der Waals surface area contributed by atoms with Crippen molar-refractivity contribution in [3.63, 3.8) is 0 Å². The third-order valence-corrected chi connectivity index (χ3v) is 5.47. The fraction of sp³-hybridized carbons (Fsp3) is 0.478. The van der Waals surface area contributed by atoms with Gasteiger partial charge in [0, 0.05) is 12.1 Å². The van der Waals surface area contributed by atoms with Gasteiger partial charge in [0.15, 0.2) is 0 Å².